The van der Waals surface area contributed by atoms with Gasteiger partial charge in [0.1, 0.15) is 11.5 Å². The van der Waals surface area contributed by atoms with E-state index in [0.717, 1.165) is 12.5 Å². The Hall–Kier alpha value is -3.18. The van der Waals surface area contributed by atoms with Gasteiger partial charge in [-0.1, -0.05) is 0 Å². The molecule has 1 amide bonds. The molecule has 156 valence electrons. The van der Waals surface area contributed by atoms with Gasteiger partial charge >= 0.3 is 0 Å². The lowest BCUT2D eigenvalue weighted by molar-refractivity contribution is 0.0496. The third kappa shape index (κ3) is 3.68. The molecule has 1 fully saturated rings. The maximum atomic E-state index is 14.4. The Labute approximate surface area is 172 Å². The quantitative estimate of drug-likeness (QED) is 0.636. The van der Waals surface area contributed by atoms with Crippen LogP contribution in [0.2, 0.25) is 0 Å². The molecular weight excluding hydrogens is 411 g/mol. The summed E-state index contributed by atoms with van der Waals surface area (Å²) in [4.78, 5) is 26.8. The zero-order valence-corrected chi connectivity index (χ0v) is 17.1. The highest BCUT2D eigenvalue weighted by Crippen LogP contribution is 2.23. The fraction of sp³-hybridized carbons (Fsp3) is 0.263. The Bertz CT molecular complexity index is 1250. The fourth-order valence-corrected chi connectivity index (χ4v) is 3.80. The minimum atomic E-state index is -3.76. The van der Waals surface area contributed by atoms with Gasteiger partial charge < -0.3 is 10.2 Å². The molecular formula is C19H19FN6O3S. The van der Waals surface area contributed by atoms with Gasteiger partial charge in [-0.2, -0.15) is 4.98 Å². The summed E-state index contributed by atoms with van der Waals surface area (Å²) in [5.41, 5.74) is 0.582. The number of anilines is 2. The SMILES string of the molecule is CNS(=O)(=O)c1ccc(Nc2ncc3ccc(C(=O)N4CC[C@@H]4C)nc3n2)c(F)c1. The molecule has 3 aromatic rings. The van der Waals surface area contributed by atoms with Gasteiger partial charge in [-0.15, -0.1) is 0 Å². The van der Waals surface area contributed by atoms with Gasteiger partial charge in [0.05, 0.1) is 10.6 Å². The van der Waals surface area contributed by atoms with Gasteiger partial charge in [0.15, 0.2) is 5.65 Å². The minimum absolute atomic E-state index is 0.00559. The molecule has 2 aromatic heterocycles. The number of amides is 1. The largest absolute Gasteiger partial charge is 0.334 e. The highest BCUT2D eigenvalue weighted by atomic mass is 32.2. The highest BCUT2D eigenvalue weighted by Gasteiger charge is 2.29. The number of pyridine rings is 1. The zero-order valence-electron chi connectivity index (χ0n) is 16.3. The first-order valence-electron chi connectivity index (χ1n) is 9.23. The number of aromatic nitrogens is 3. The lowest BCUT2D eigenvalue weighted by Crippen LogP contribution is -2.49. The maximum absolute atomic E-state index is 14.4. The second-order valence-corrected chi connectivity index (χ2v) is 8.80. The van der Waals surface area contributed by atoms with Crippen molar-refractivity contribution in [2.24, 2.45) is 0 Å². The number of halogens is 1. The van der Waals surface area contributed by atoms with Crippen molar-refractivity contribution >= 4 is 38.6 Å². The highest BCUT2D eigenvalue weighted by molar-refractivity contribution is 7.89. The summed E-state index contributed by atoms with van der Waals surface area (Å²) < 4.78 is 40.1. The Morgan fingerprint density at radius 1 is 1.23 bits per heavy atom. The second kappa shape index (κ2) is 7.58. The summed E-state index contributed by atoms with van der Waals surface area (Å²) in [6.07, 6.45) is 2.48. The van der Waals surface area contributed by atoms with Gasteiger partial charge in [-0.05, 0) is 50.7 Å². The van der Waals surface area contributed by atoms with Crippen molar-refractivity contribution in [1.29, 1.82) is 0 Å². The van der Waals surface area contributed by atoms with E-state index in [-0.39, 0.29) is 34.2 Å². The average Bonchev–Trinajstić information content (AvgIpc) is 2.73. The van der Waals surface area contributed by atoms with Crippen LogP contribution < -0.4 is 10.0 Å². The summed E-state index contributed by atoms with van der Waals surface area (Å²) in [7, 11) is -2.51. The Kier molecular flexibility index (Phi) is 5.08. The van der Waals surface area contributed by atoms with E-state index < -0.39 is 15.8 Å². The molecule has 1 atom stereocenters. The number of likely N-dealkylation sites (tertiary alicyclic amines) is 1. The number of sulfonamides is 1. The maximum Gasteiger partial charge on any atom is 0.272 e. The zero-order chi connectivity index (χ0) is 21.5. The first kappa shape index (κ1) is 20.1. The van der Waals surface area contributed by atoms with E-state index in [2.05, 4.69) is 25.0 Å². The molecule has 0 bridgehead atoms. The summed E-state index contributed by atoms with van der Waals surface area (Å²) in [6.45, 7) is 2.68. The van der Waals surface area contributed by atoms with Crippen LogP contribution in [-0.4, -0.2) is 53.8 Å². The van der Waals surface area contributed by atoms with Crippen molar-refractivity contribution in [3.8, 4) is 0 Å². The van der Waals surface area contributed by atoms with Gasteiger partial charge in [0.2, 0.25) is 16.0 Å². The Balaban J connectivity index is 1.61. The third-order valence-electron chi connectivity index (χ3n) is 5.01. The number of hydrogen-bond acceptors (Lipinski definition) is 7. The number of carbonyl (C=O) groups excluding carboxylic acids is 1. The first-order valence-corrected chi connectivity index (χ1v) is 10.7. The predicted molar refractivity (Wildman–Crippen MR) is 108 cm³/mol. The molecule has 0 aliphatic carbocycles. The summed E-state index contributed by atoms with van der Waals surface area (Å²) >= 11 is 0. The number of fused-ring (bicyclic) bond motifs is 1. The van der Waals surface area contributed by atoms with Crippen molar-refractivity contribution in [2.75, 3.05) is 18.9 Å². The minimum Gasteiger partial charge on any atom is -0.334 e. The van der Waals surface area contributed by atoms with E-state index in [1.54, 1.807) is 17.0 Å². The van der Waals surface area contributed by atoms with Crippen LogP contribution in [0.25, 0.3) is 11.0 Å². The van der Waals surface area contributed by atoms with Crippen molar-refractivity contribution in [1.82, 2.24) is 24.6 Å². The van der Waals surface area contributed by atoms with Crippen LogP contribution in [0.4, 0.5) is 16.0 Å². The average molecular weight is 430 g/mol. The summed E-state index contributed by atoms with van der Waals surface area (Å²) in [5, 5.41) is 3.34. The van der Waals surface area contributed by atoms with Gasteiger partial charge in [0, 0.05) is 24.2 Å². The number of benzene rings is 1. The molecule has 4 rings (SSSR count). The van der Waals surface area contributed by atoms with Crippen LogP contribution in [0.5, 0.6) is 0 Å². The Morgan fingerprint density at radius 3 is 2.67 bits per heavy atom. The normalized spacial score (nSPS) is 16.4. The number of nitrogens with one attached hydrogen (secondary N) is 2. The van der Waals surface area contributed by atoms with Crippen LogP contribution in [-0.2, 0) is 10.0 Å². The Morgan fingerprint density at radius 2 is 2.03 bits per heavy atom. The standard InChI is InChI=1S/C19H19FN6O3S/c1-11-7-8-26(11)18(27)16-5-3-12-10-22-19(25-17(12)23-16)24-15-6-4-13(9-14(15)20)30(28,29)21-2/h3-6,9-11,21H,7-8H2,1-2H3,(H,22,23,24,25)/t11-/m0/s1. The molecule has 30 heavy (non-hydrogen) atoms. The van der Waals surface area contributed by atoms with Crippen molar-refractivity contribution < 1.29 is 17.6 Å². The van der Waals surface area contributed by atoms with E-state index in [1.807, 2.05) is 6.92 Å². The van der Waals surface area contributed by atoms with Crippen LogP contribution in [0.15, 0.2) is 41.4 Å². The molecule has 0 unspecified atom stereocenters. The van der Waals surface area contributed by atoms with E-state index in [1.165, 1.54) is 25.4 Å². The molecule has 3 heterocycles. The number of carbonyl (C=O) groups is 1. The van der Waals surface area contributed by atoms with E-state index in [9.17, 15) is 17.6 Å². The second-order valence-electron chi connectivity index (χ2n) is 6.91. The van der Waals surface area contributed by atoms with Crippen LogP contribution in [0, 0.1) is 5.82 Å². The number of nitrogens with zero attached hydrogens (tertiary/aromatic N) is 4. The van der Waals surface area contributed by atoms with Crippen LogP contribution >= 0.6 is 0 Å². The first-order chi connectivity index (χ1) is 14.3. The molecule has 1 aliphatic rings. The smallest absolute Gasteiger partial charge is 0.272 e. The molecule has 2 N–H and O–H groups in total. The molecule has 9 nitrogen and oxygen atoms in total. The van der Waals surface area contributed by atoms with Crippen LogP contribution in [0.3, 0.4) is 0 Å². The van der Waals surface area contributed by atoms with Crippen molar-refractivity contribution in [3.05, 3.63) is 48.0 Å². The van der Waals surface area contributed by atoms with E-state index >= 15 is 0 Å². The number of hydrogen-bond donors (Lipinski definition) is 2. The fourth-order valence-electron chi connectivity index (χ4n) is 3.06. The lowest BCUT2D eigenvalue weighted by Gasteiger charge is -2.38. The van der Waals surface area contributed by atoms with Gasteiger partial charge in [0.25, 0.3) is 5.91 Å². The van der Waals surface area contributed by atoms with E-state index in [0.29, 0.717) is 17.6 Å². The summed E-state index contributed by atoms with van der Waals surface area (Å²) in [5.74, 6) is -0.866. The third-order valence-corrected chi connectivity index (χ3v) is 6.42. The van der Waals surface area contributed by atoms with Gasteiger partial charge in [-0.3, -0.25) is 4.79 Å². The lowest BCUT2D eigenvalue weighted by atomic mass is 10.0. The van der Waals surface area contributed by atoms with Crippen molar-refractivity contribution in [3.63, 3.8) is 0 Å². The number of rotatable bonds is 5. The monoisotopic (exact) mass is 430 g/mol. The molecule has 0 radical (unpaired) electrons. The van der Waals surface area contributed by atoms with Crippen LogP contribution in [0.1, 0.15) is 23.8 Å². The molecule has 1 aliphatic heterocycles. The molecule has 0 saturated carbocycles. The predicted octanol–water partition coefficient (Wildman–Crippen LogP) is 2.05. The van der Waals surface area contributed by atoms with E-state index in [4.69, 9.17) is 0 Å². The van der Waals surface area contributed by atoms with Gasteiger partial charge in [-0.25, -0.2) is 27.5 Å². The molecule has 1 saturated heterocycles. The molecule has 1 aromatic carbocycles. The molecule has 0 spiro atoms. The molecule has 11 heteroatoms. The summed E-state index contributed by atoms with van der Waals surface area (Å²) in [6, 6.07) is 6.98. The topological polar surface area (TPSA) is 117 Å². The van der Waals surface area contributed by atoms with Crippen molar-refractivity contribution in [2.45, 2.75) is 24.3 Å².